The van der Waals surface area contributed by atoms with E-state index in [2.05, 4.69) is 11.8 Å². The van der Waals surface area contributed by atoms with Crippen molar-refractivity contribution < 1.29 is 28.8 Å². The van der Waals surface area contributed by atoms with Crippen molar-refractivity contribution in [1.82, 2.24) is 0 Å². The van der Waals surface area contributed by atoms with Gasteiger partial charge in [-0.25, -0.2) is 4.79 Å². The first-order valence-electron chi connectivity index (χ1n) is 9.51. The van der Waals surface area contributed by atoms with E-state index in [1.807, 2.05) is 42.5 Å². The van der Waals surface area contributed by atoms with Gasteiger partial charge in [-0.05, 0) is 48.9 Å². The van der Waals surface area contributed by atoms with Gasteiger partial charge < -0.3 is 24.1 Å². The topological polar surface area (TPSA) is 74.2 Å². The first-order chi connectivity index (χ1) is 14.5. The van der Waals surface area contributed by atoms with E-state index in [0.717, 1.165) is 11.1 Å². The van der Waals surface area contributed by atoms with Crippen LogP contribution in [0.2, 0.25) is 0 Å². The first-order valence-corrected chi connectivity index (χ1v) is 9.51. The molecule has 6 nitrogen and oxygen atoms in total. The summed E-state index contributed by atoms with van der Waals surface area (Å²) in [6.45, 7) is 2.50. The van der Waals surface area contributed by atoms with Gasteiger partial charge in [-0.2, -0.15) is 0 Å². The largest absolute Gasteiger partial charge is 0.497 e. The third-order valence-electron chi connectivity index (χ3n) is 4.10. The summed E-state index contributed by atoms with van der Waals surface area (Å²) in [6.07, 6.45) is 3.01. The molecule has 0 aliphatic rings. The smallest absolute Gasteiger partial charge is 0.333 e. The van der Waals surface area contributed by atoms with E-state index in [1.54, 1.807) is 33.3 Å². The van der Waals surface area contributed by atoms with E-state index in [0.29, 0.717) is 36.9 Å². The van der Waals surface area contributed by atoms with Crippen molar-refractivity contribution in [3.05, 3.63) is 65.7 Å². The van der Waals surface area contributed by atoms with Gasteiger partial charge in [0.25, 0.3) is 0 Å². The van der Waals surface area contributed by atoms with Gasteiger partial charge in [-0.1, -0.05) is 24.0 Å². The van der Waals surface area contributed by atoms with Crippen LogP contribution in [0, 0.1) is 11.8 Å². The minimum Gasteiger partial charge on any atom is -0.497 e. The van der Waals surface area contributed by atoms with Gasteiger partial charge in [-0.15, -0.1) is 0 Å². The molecule has 0 unspecified atom stereocenters. The number of ether oxygens (including phenoxy) is 4. The molecule has 2 aromatic carbocycles. The predicted octanol–water partition coefficient (Wildman–Crippen LogP) is 3.72. The fraction of sp³-hybridized carbons (Fsp3) is 0.292. The lowest BCUT2D eigenvalue weighted by molar-refractivity contribution is -0.149. The molecule has 0 aliphatic heterocycles. The van der Waals surface area contributed by atoms with Crippen LogP contribution in [0.3, 0.4) is 0 Å². The Kier molecular flexibility index (Phi) is 9.29. The summed E-state index contributed by atoms with van der Waals surface area (Å²) < 4.78 is 21.3. The molecule has 0 aliphatic carbocycles. The Hall–Kier alpha value is -3.43. The van der Waals surface area contributed by atoms with Gasteiger partial charge in [0.05, 0.1) is 14.2 Å². The van der Waals surface area contributed by atoms with Crippen molar-refractivity contribution >= 4 is 5.97 Å². The summed E-state index contributed by atoms with van der Waals surface area (Å²) in [5.41, 5.74) is 1.66. The third-order valence-corrected chi connectivity index (χ3v) is 4.10. The maximum Gasteiger partial charge on any atom is 0.333 e. The average Bonchev–Trinajstić information content (AvgIpc) is 2.76. The first kappa shape index (κ1) is 22.9. The highest BCUT2D eigenvalue weighted by atomic mass is 16.5. The van der Waals surface area contributed by atoms with E-state index in [-0.39, 0.29) is 0 Å². The Morgan fingerprint density at radius 1 is 1.07 bits per heavy atom. The second-order valence-corrected chi connectivity index (χ2v) is 6.21. The number of allylic oxidation sites excluding steroid dienone is 1. The summed E-state index contributed by atoms with van der Waals surface area (Å²) >= 11 is 0. The second kappa shape index (κ2) is 12.2. The Morgan fingerprint density at radius 2 is 1.73 bits per heavy atom. The molecule has 0 amide bonds. The number of hydrogen-bond donors (Lipinski definition) is 1. The standard InChI is InChI=1S/C24H26O6/c1-4-29-23(24(25)26)16-18-9-11-20(12-10-18)30-13-7-5-6-8-19-14-21(27-2)17-22(15-19)28-3/h5,7,9-12,14-15,17,23H,4,13,16H2,1-3H3,(H,25,26)/t23-/m0/s1. The Bertz CT molecular complexity index is 883. The van der Waals surface area contributed by atoms with Crippen molar-refractivity contribution in [2.75, 3.05) is 27.4 Å². The van der Waals surface area contributed by atoms with E-state index >= 15 is 0 Å². The van der Waals surface area contributed by atoms with Crippen molar-refractivity contribution in [2.24, 2.45) is 0 Å². The maximum absolute atomic E-state index is 11.2. The molecule has 158 valence electrons. The second-order valence-electron chi connectivity index (χ2n) is 6.21. The highest BCUT2D eigenvalue weighted by molar-refractivity contribution is 5.72. The van der Waals surface area contributed by atoms with Crippen LogP contribution in [0.1, 0.15) is 18.1 Å². The normalized spacial score (nSPS) is 11.4. The Labute approximate surface area is 177 Å². The van der Waals surface area contributed by atoms with Crippen LogP contribution in [0.15, 0.2) is 54.6 Å². The fourth-order valence-electron chi connectivity index (χ4n) is 2.61. The minimum atomic E-state index is -0.962. The number of rotatable bonds is 10. The van der Waals surface area contributed by atoms with Crippen molar-refractivity contribution in [2.45, 2.75) is 19.4 Å². The predicted molar refractivity (Wildman–Crippen MR) is 114 cm³/mol. The van der Waals surface area contributed by atoms with Crippen molar-refractivity contribution in [3.63, 3.8) is 0 Å². The van der Waals surface area contributed by atoms with Gasteiger partial charge in [0.15, 0.2) is 6.10 Å². The van der Waals surface area contributed by atoms with Gasteiger partial charge in [0.2, 0.25) is 0 Å². The molecule has 0 heterocycles. The zero-order valence-electron chi connectivity index (χ0n) is 17.4. The summed E-state index contributed by atoms with van der Waals surface area (Å²) in [7, 11) is 3.19. The molecule has 30 heavy (non-hydrogen) atoms. The molecule has 0 bridgehead atoms. The fourth-order valence-corrected chi connectivity index (χ4v) is 2.61. The number of carboxylic acids is 1. The van der Waals surface area contributed by atoms with Crippen LogP contribution >= 0.6 is 0 Å². The lowest BCUT2D eigenvalue weighted by atomic mass is 10.1. The zero-order valence-corrected chi connectivity index (χ0v) is 17.4. The summed E-state index contributed by atoms with van der Waals surface area (Å²) in [5.74, 6) is 7.08. The van der Waals surface area contributed by atoms with Crippen LogP contribution in [-0.4, -0.2) is 44.6 Å². The SMILES string of the molecule is CCO[C@@H](Cc1ccc(OCC=CC#Cc2cc(OC)cc(OC)c2)cc1)C(=O)O. The molecule has 6 heteroatoms. The van der Waals surface area contributed by atoms with E-state index < -0.39 is 12.1 Å². The third kappa shape index (κ3) is 7.53. The molecule has 0 fully saturated rings. The van der Waals surface area contributed by atoms with Gasteiger partial charge in [-0.3, -0.25) is 0 Å². The average molecular weight is 410 g/mol. The van der Waals surface area contributed by atoms with Crippen LogP contribution in [-0.2, 0) is 16.0 Å². The number of hydrogen-bond acceptors (Lipinski definition) is 5. The monoisotopic (exact) mass is 410 g/mol. The van der Waals surface area contributed by atoms with Gasteiger partial charge >= 0.3 is 5.97 Å². The minimum absolute atomic E-state index is 0.313. The van der Waals surface area contributed by atoms with Crippen molar-refractivity contribution in [3.8, 4) is 29.1 Å². The molecule has 2 rings (SSSR count). The van der Waals surface area contributed by atoms with E-state index in [9.17, 15) is 4.79 Å². The maximum atomic E-state index is 11.2. The number of aliphatic carboxylic acids is 1. The van der Waals surface area contributed by atoms with Crippen LogP contribution in [0.25, 0.3) is 0 Å². The zero-order chi connectivity index (χ0) is 21.8. The molecule has 0 saturated carbocycles. The van der Waals surface area contributed by atoms with Crippen LogP contribution in [0.5, 0.6) is 17.2 Å². The van der Waals surface area contributed by atoms with Crippen LogP contribution < -0.4 is 14.2 Å². The number of carbonyl (C=O) groups is 1. The molecule has 0 radical (unpaired) electrons. The Balaban J connectivity index is 1.85. The van der Waals surface area contributed by atoms with Gasteiger partial charge in [0, 0.05) is 24.7 Å². The van der Waals surface area contributed by atoms with Crippen molar-refractivity contribution in [1.29, 1.82) is 0 Å². The number of methoxy groups -OCH3 is 2. The highest BCUT2D eigenvalue weighted by Gasteiger charge is 2.17. The van der Waals surface area contributed by atoms with E-state index in [4.69, 9.17) is 24.1 Å². The molecule has 0 spiro atoms. The Morgan fingerprint density at radius 3 is 2.30 bits per heavy atom. The molecule has 0 aromatic heterocycles. The molecule has 2 aromatic rings. The molecule has 1 N–H and O–H groups in total. The lowest BCUT2D eigenvalue weighted by Crippen LogP contribution is -2.26. The number of carboxylic acid groups (broad SMARTS) is 1. The lowest BCUT2D eigenvalue weighted by Gasteiger charge is -2.12. The summed E-state index contributed by atoms with van der Waals surface area (Å²) in [5, 5.41) is 9.15. The molecular weight excluding hydrogens is 384 g/mol. The summed E-state index contributed by atoms with van der Waals surface area (Å²) in [4.78, 5) is 11.2. The number of benzene rings is 2. The highest BCUT2D eigenvalue weighted by Crippen LogP contribution is 2.21. The van der Waals surface area contributed by atoms with Crippen LogP contribution in [0.4, 0.5) is 0 Å². The van der Waals surface area contributed by atoms with Gasteiger partial charge in [0.1, 0.15) is 23.9 Å². The van der Waals surface area contributed by atoms with E-state index in [1.165, 1.54) is 0 Å². The summed E-state index contributed by atoms with van der Waals surface area (Å²) in [6, 6.07) is 12.8. The quantitative estimate of drug-likeness (QED) is 0.602. The molecule has 0 saturated heterocycles. The molecular formula is C24H26O6. The molecule has 1 atom stereocenters.